The molecule has 0 saturated heterocycles. The van der Waals surface area contributed by atoms with Crippen LogP contribution in [0.15, 0.2) is 18.2 Å². The van der Waals surface area contributed by atoms with E-state index in [2.05, 4.69) is 25.1 Å². The molecule has 0 amide bonds. The van der Waals surface area contributed by atoms with Gasteiger partial charge >= 0.3 is 0 Å². The molecule has 0 aromatic heterocycles. The summed E-state index contributed by atoms with van der Waals surface area (Å²) in [6, 6.07) is 6.43. The first-order chi connectivity index (χ1) is 10.6. The summed E-state index contributed by atoms with van der Waals surface area (Å²) in [5.74, 6) is 2.08. The minimum Gasteiger partial charge on any atom is -0.497 e. The van der Waals surface area contributed by atoms with E-state index in [1.807, 2.05) is 0 Å². The van der Waals surface area contributed by atoms with Crippen LogP contribution in [0.3, 0.4) is 0 Å². The van der Waals surface area contributed by atoms with Gasteiger partial charge in [-0.25, -0.2) is 0 Å². The van der Waals surface area contributed by atoms with Crippen molar-refractivity contribution in [2.75, 3.05) is 13.7 Å². The van der Waals surface area contributed by atoms with E-state index in [4.69, 9.17) is 4.74 Å². The van der Waals surface area contributed by atoms with Gasteiger partial charge < -0.3 is 14.9 Å². The van der Waals surface area contributed by atoms with Crippen molar-refractivity contribution in [3.05, 3.63) is 29.3 Å². The Morgan fingerprint density at radius 2 is 2.05 bits per heavy atom. The topological polar surface area (TPSA) is 49.7 Å². The van der Waals surface area contributed by atoms with Crippen LogP contribution in [0.4, 0.5) is 0 Å². The lowest BCUT2D eigenvalue weighted by atomic mass is 9.65. The molecule has 0 heterocycles. The molecule has 22 heavy (non-hydrogen) atoms. The highest BCUT2D eigenvalue weighted by Crippen LogP contribution is 2.52. The molecule has 4 atom stereocenters. The van der Waals surface area contributed by atoms with E-state index in [9.17, 15) is 10.2 Å². The van der Waals surface area contributed by atoms with Crippen molar-refractivity contribution in [1.82, 2.24) is 0 Å². The van der Waals surface area contributed by atoms with Crippen molar-refractivity contribution >= 4 is 0 Å². The molecule has 1 saturated carbocycles. The Balaban J connectivity index is 1.79. The Kier molecular flexibility index (Phi) is 4.47. The number of aliphatic hydroxyl groups excluding tert-OH is 2. The first-order valence-corrected chi connectivity index (χ1v) is 8.53. The lowest BCUT2D eigenvalue weighted by Gasteiger charge is -2.40. The van der Waals surface area contributed by atoms with E-state index in [0.29, 0.717) is 18.3 Å². The largest absolute Gasteiger partial charge is 0.497 e. The molecule has 3 heteroatoms. The zero-order chi connectivity index (χ0) is 15.7. The van der Waals surface area contributed by atoms with E-state index < -0.39 is 0 Å². The number of fused-ring (bicyclic) bond motifs is 1. The van der Waals surface area contributed by atoms with Gasteiger partial charge in [0.25, 0.3) is 0 Å². The lowest BCUT2D eigenvalue weighted by molar-refractivity contribution is -0.000199. The normalized spacial score (nSPS) is 34.5. The highest BCUT2D eigenvalue weighted by atomic mass is 16.5. The summed E-state index contributed by atoms with van der Waals surface area (Å²) in [6.07, 6.45) is 5.79. The molecule has 0 unspecified atom stereocenters. The third-order valence-corrected chi connectivity index (χ3v) is 6.26. The Morgan fingerprint density at radius 3 is 2.77 bits per heavy atom. The predicted molar refractivity (Wildman–Crippen MR) is 87.0 cm³/mol. The minimum atomic E-state index is -0.262. The summed E-state index contributed by atoms with van der Waals surface area (Å²) in [6.45, 7) is 2.35. The average Bonchev–Trinajstić information content (AvgIpc) is 2.82. The second-order valence-corrected chi connectivity index (χ2v) is 7.32. The number of benzene rings is 1. The van der Waals surface area contributed by atoms with Crippen LogP contribution in [-0.4, -0.2) is 30.0 Å². The molecule has 0 spiro atoms. The van der Waals surface area contributed by atoms with E-state index in [-0.39, 0.29) is 18.1 Å². The van der Waals surface area contributed by atoms with Gasteiger partial charge in [0, 0.05) is 6.61 Å². The maximum atomic E-state index is 10.4. The number of hydrogen-bond acceptors (Lipinski definition) is 3. The van der Waals surface area contributed by atoms with Crippen LogP contribution >= 0.6 is 0 Å². The van der Waals surface area contributed by atoms with Crippen molar-refractivity contribution in [2.24, 2.45) is 17.3 Å². The van der Waals surface area contributed by atoms with Crippen LogP contribution in [0.2, 0.25) is 0 Å². The highest BCUT2D eigenvalue weighted by molar-refractivity contribution is 5.37. The van der Waals surface area contributed by atoms with Gasteiger partial charge in [-0.3, -0.25) is 0 Å². The highest BCUT2D eigenvalue weighted by Gasteiger charge is 2.48. The number of methoxy groups -OCH3 is 1. The maximum absolute atomic E-state index is 10.4. The first kappa shape index (κ1) is 15.8. The van der Waals surface area contributed by atoms with Crippen LogP contribution in [-0.2, 0) is 12.8 Å². The molecule has 0 radical (unpaired) electrons. The third-order valence-electron chi connectivity index (χ3n) is 6.26. The van der Waals surface area contributed by atoms with Gasteiger partial charge in [-0.1, -0.05) is 13.0 Å². The van der Waals surface area contributed by atoms with Gasteiger partial charge in [0.1, 0.15) is 5.75 Å². The fourth-order valence-electron chi connectivity index (χ4n) is 4.84. The van der Waals surface area contributed by atoms with Crippen LogP contribution in [0.1, 0.15) is 43.7 Å². The molecule has 122 valence electrons. The van der Waals surface area contributed by atoms with Crippen LogP contribution in [0.25, 0.3) is 0 Å². The molecule has 0 aliphatic heterocycles. The van der Waals surface area contributed by atoms with E-state index in [0.717, 1.165) is 31.4 Å². The number of ether oxygens (including phenoxy) is 1. The van der Waals surface area contributed by atoms with Gasteiger partial charge in [-0.2, -0.15) is 0 Å². The van der Waals surface area contributed by atoms with Crippen LogP contribution < -0.4 is 4.74 Å². The van der Waals surface area contributed by atoms with Crippen molar-refractivity contribution in [2.45, 2.75) is 51.6 Å². The molecule has 3 nitrogen and oxygen atoms in total. The van der Waals surface area contributed by atoms with Gasteiger partial charge in [0.05, 0.1) is 13.2 Å². The summed E-state index contributed by atoms with van der Waals surface area (Å²) in [4.78, 5) is 0. The molecular formula is C19H28O3. The molecule has 3 rings (SSSR count). The third kappa shape index (κ3) is 2.65. The number of rotatable bonds is 4. The van der Waals surface area contributed by atoms with Crippen molar-refractivity contribution in [3.63, 3.8) is 0 Å². The standard InChI is InChI=1S/C19H28O3/c1-19(9-10-20)17(7-8-18(19)21)15-4-3-14-12-16(22-2)6-5-13(14)11-15/h5-6,12,15,17-18,20-21H,3-4,7-11H2,1-2H3/t15-,17+,18+,19+/m1/s1. The molecule has 0 bridgehead atoms. The fourth-order valence-corrected chi connectivity index (χ4v) is 4.84. The van der Waals surface area contributed by atoms with Gasteiger partial charge in [0.15, 0.2) is 0 Å². The molecule has 2 aliphatic carbocycles. The van der Waals surface area contributed by atoms with Crippen molar-refractivity contribution in [1.29, 1.82) is 0 Å². The Morgan fingerprint density at radius 1 is 1.23 bits per heavy atom. The molecule has 1 fully saturated rings. The quantitative estimate of drug-likeness (QED) is 0.899. The Hall–Kier alpha value is -1.06. The smallest absolute Gasteiger partial charge is 0.119 e. The van der Waals surface area contributed by atoms with E-state index in [1.54, 1.807) is 7.11 Å². The summed E-state index contributed by atoms with van der Waals surface area (Å²) in [5, 5.41) is 19.8. The van der Waals surface area contributed by atoms with Crippen LogP contribution in [0, 0.1) is 17.3 Å². The summed E-state index contributed by atoms with van der Waals surface area (Å²) in [5.41, 5.74) is 2.73. The lowest BCUT2D eigenvalue weighted by Crippen LogP contribution is -2.38. The summed E-state index contributed by atoms with van der Waals surface area (Å²) < 4.78 is 5.33. The summed E-state index contributed by atoms with van der Waals surface area (Å²) in [7, 11) is 1.72. The predicted octanol–water partition coefficient (Wildman–Crippen LogP) is 2.96. The second-order valence-electron chi connectivity index (χ2n) is 7.32. The molecule has 2 aliphatic rings. The SMILES string of the molecule is COc1ccc2c(c1)CC[C@@H]([C@@H]1CC[C@H](O)[C@@]1(C)CCO)C2. The van der Waals surface area contributed by atoms with Gasteiger partial charge in [0.2, 0.25) is 0 Å². The number of hydrogen-bond donors (Lipinski definition) is 2. The molecule has 1 aromatic rings. The van der Waals surface area contributed by atoms with E-state index >= 15 is 0 Å². The average molecular weight is 304 g/mol. The van der Waals surface area contributed by atoms with Crippen molar-refractivity contribution < 1.29 is 14.9 Å². The zero-order valence-corrected chi connectivity index (χ0v) is 13.7. The Labute approximate surface area is 133 Å². The van der Waals surface area contributed by atoms with E-state index in [1.165, 1.54) is 17.5 Å². The maximum Gasteiger partial charge on any atom is 0.119 e. The monoisotopic (exact) mass is 304 g/mol. The van der Waals surface area contributed by atoms with Gasteiger partial charge in [-0.15, -0.1) is 0 Å². The van der Waals surface area contributed by atoms with Gasteiger partial charge in [-0.05, 0) is 79.0 Å². The minimum absolute atomic E-state index is 0.122. The Bertz CT molecular complexity index is 527. The zero-order valence-electron chi connectivity index (χ0n) is 13.7. The molecule has 1 aromatic carbocycles. The van der Waals surface area contributed by atoms with Crippen LogP contribution in [0.5, 0.6) is 5.75 Å². The fraction of sp³-hybridized carbons (Fsp3) is 0.684. The molecular weight excluding hydrogens is 276 g/mol. The molecule has 2 N–H and O–H groups in total. The number of aliphatic hydroxyl groups is 2. The first-order valence-electron chi connectivity index (χ1n) is 8.53. The second kappa shape index (κ2) is 6.21. The summed E-state index contributed by atoms with van der Waals surface area (Å²) >= 11 is 0. The number of aryl methyl sites for hydroxylation is 1. The van der Waals surface area contributed by atoms with Crippen molar-refractivity contribution in [3.8, 4) is 5.75 Å².